The van der Waals surface area contributed by atoms with Gasteiger partial charge in [0, 0.05) is 15.6 Å². The van der Waals surface area contributed by atoms with Crippen LogP contribution in [0, 0.1) is 6.92 Å². The summed E-state index contributed by atoms with van der Waals surface area (Å²) in [6, 6.07) is 16.0. The minimum atomic E-state index is 0.605. The highest BCUT2D eigenvalue weighted by atomic mass is 79.9. The number of methoxy groups -OCH3 is 1. The lowest BCUT2D eigenvalue weighted by atomic mass is 10.2. The fourth-order valence-corrected chi connectivity index (χ4v) is 2.81. The van der Waals surface area contributed by atoms with Crippen molar-refractivity contribution in [2.45, 2.75) is 13.5 Å². The maximum atomic E-state index is 5.44. The van der Waals surface area contributed by atoms with Gasteiger partial charge >= 0.3 is 0 Å². The van der Waals surface area contributed by atoms with Crippen LogP contribution >= 0.6 is 15.9 Å². The second-order valence-corrected chi connectivity index (χ2v) is 5.88. The maximum Gasteiger partial charge on any atom is 0.158 e. The van der Waals surface area contributed by atoms with E-state index in [4.69, 9.17) is 4.74 Å². The van der Waals surface area contributed by atoms with E-state index in [-0.39, 0.29) is 0 Å². The standard InChI is InChI=1S/C17H16BrN3O/c1-12-19-17(13-6-4-3-5-7-13)21(20-12)11-14-10-15(18)8-9-16(14)22-2/h3-10H,11H2,1-2H3. The summed E-state index contributed by atoms with van der Waals surface area (Å²) in [6.07, 6.45) is 0. The van der Waals surface area contributed by atoms with Crippen molar-refractivity contribution < 1.29 is 4.74 Å². The molecule has 0 atom stereocenters. The Hall–Kier alpha value is -2.14. The van der Waals surface area contributed by atoms with Crippen LogP contribution in [0.3, 0.4) is 0 Å². The SMILES string of the molecule is COc1ccc(Br)cc1Cn1nc(C)nc1-c1ccccc1. The number of aromatic nitrogens is 3. The van der Waals surface area contributed by atoms with Crippen molar-refractivity contribution in [3.63, 3.8) is 0 Å². The Morgan fingerprint density at radius 3 is 2.64 bits per heavy atom. The fourth-order valence-electron chi connectivity index (χ4n) is 2.40. The van der Waals surface area contributed by atoms with Gasteiger partial charge in [0.2, 0.25) is 0 Å². The molecule has 0 unspecified atom stereocenters. The predicted molar refractivity (Wildman–Crippen MR) is 90.0 cm³/mol. The van der Waals surface area contributed by atoms with Crippen molar-refractivity contribution >= 4 is 15.9 Å². The molecule has 0 fully saturated rings. The van der Waals surface area contributed by atoms with Crippen LogP contribution in [0.5, 0.6) is 5.75 Å². The summed E-state index contributed by atoms with van der Waals surface area (Å²) in [6.45, 7) is 2.51. The molecule has 22 heavy (non-hydrogen) atoms. The molecular weight excluding hydrogens is 342 g/mol. The average molecular weight is 358 g/mol. The third-order valence-electron chi connectivity index (χ3n) is 3.37. The molecule has 1 heterocycles. The van der Waals surface area contributed by atoms with E-state index >= 15 is 0 Å². The lowest BCUT2D eigenvalue weighted by Crippen LogP contribution is -2.06. The van der Waals surface area contributed by atoms with Crippen molar-refractivity contribution in [3.05, 3.63) is 64.4 Å². The Balaban J connectivity index is 2.02. The number of hydrogen-bond acceptors (Lipinski definition) is 3. The molecule has 4 nitrogen and oxygen atoms in total. The summed E-state index contributed by atoms with van der Waals surface area (Å²) >= 11 is 3.51. The molecule has 0 aliphatic rings. The van der Waals surface area contributed by atoms with Gasteiger partial charge in [0.25, 0.3) is 0 Å². The summed E-state index contributed by atoms with van der Waals surface area (Å²) < 4.78 is 8.37. The third-order valence-corrected chi connectivity index (χ3v) is 3.87. The molecule has 112 valence electrons. The van der Waals surface area contributed by atoms with Crippen LogP contribution < -0.4 is 4.74 Å². The normalized spacial score (nSPS) is 10.7. The maximum absolute atomic E-state index is 5.44. The highest BCUT2D eigenvalue weighted by Crippen LogP contribution is 2.25. The molecule has 5 heteroatoms. The molecular formula is C17H16BrN3O. The average Bonchev–Trinajstić information content (AvgIpc) is 2.89. The van der Waals surface area contributed by atoms with Gasteiger partial charge in [-0.1, -0.05) is 46.3 Å². The van der Waals surface area contributed by atoms with Crippen LogP contribution in [-0.4, -0.2) is 21.9 Å². The number of halogens is 1. The summed E-state index contributed by atoms with van der Waals surface area (Å²) in [7, 11) is 1.68. The van der Waals surface area contributed by atoms with Crippen molar-refractivity contribution in [2.75, 3.05) is 7.11 Å². The Morgan fingerprint density at radius 1 is 1.14 bits per heavy atom. The van der Waals surface area contributed by atoms with Gasteiger partial charge in [-0.3, -0.25) is 0 Å². The van der Waals surface area contributed by atoms with Crippen LogP contribution in [-0.2, 0) is 6.54 Å². The summed E-state index contributed by atoms with van der Waals surface area (Å²) in [5.74, 6) is 2.46. The van der Waals surface area contributed by atoms with Crippen molar-refractivity contribution in [2.24, 2.45) is 0 Å². The van der Waals surface area contributed by atoms with Crippen LogP contribution in [0.4, 0.5) is 0 Å². The van der Waals surface area contributed by atoms with E-state index in [2.05, 4.69) is 26.0 Å². The van der Waals surface area contributed by atoms with Crippen LogP contribution in [0.25, 0.3) is 11.4 Å². The highest BCUT2D eigenvalue weighted by Gasteiger charge is 2.12. The van der Waals surface area contributed by atoms with Gasteiger partial charge < -0.3 is 4.74 Å². The van der Waals surface area contributed by atoms with Crippen molar-refractivity contribution in [1.29, 1.82) is 0 Å². The van der Waals surface area contributed by atoms with Gasteiger partial charge in [-0.25, -0.2) is 9.67 Å². The molecule has 0 spiro atoms. The molecule has 0 radical (unpaired) electrons. The van der Waals surface area contributed by atoms with E-state index in [9.17, 15) is 0 Å². The summed E-state index contributed by atoms with van der Waals surface area (Å²) in [4.78, 5) is 4.55. The first-order valence-corrected chi connectivity index (χ1v) is 7.76. The molecule has 0 N–H and O–H groups in total. The van der Waals surface area contributed by atoms with Gasteiger partial charge in [0.15, 0.2) is 5.82 Å². The second-order valence-electron chi connectivity index (χ2n) is 4.96. The van der Waals surface area contributed by atoms with Gasteiger partial charge in [-0.2, -0.15) is 5.10 Å². The van der Waals surface area contributed by atoms with E-state index in [0.29, 0.717) is 6.54 Å². The third kappa shape index (κ3) is 3.04. The quantitative estimate of drug-likeness (QED) is 0.706. The Kier molecular flexibility index (Phi) is 4.24. The Labute approximate surface area is 137 Å². The zero-order valence-corrected chi connectivity index (χ0v) is 14.0. The zero-order chi connectivity index (χ0) is 15.5. The lowest BCUT2D eigenvalue weighted by molar-refractivity contribution is 0.407. The van der Waals surface area contributed by atoms with Gasteiger partial charge in [0.05, 0.1) is 13.7 Å². The number of nitrogens with zero attached hydrogens (tertiary/aromatic N) is 3. The largest absolute Gasteiger partial charge is 0.496 e. The van der Waals surface area contributed by atoms with E-state index in [1.54, 1.807) is 7.11 Å². The zero-order valence-electron chi connectivity index (χ0n) is 12.5. The molecule has 0 amide bonds. The van der Waals surface area contributed by atoms with Crippen LogP contribution in [0.1, 0.15) is 11.4 Å². The first kappa shape index (κ1) is 14.8. The Bertz CT molecular complexity index is 784. The number of hydrogen-bond donors (Lipinski definition) is 0. The lowest BCUT2D eigenvalue weighted by Gasteiger charge is -2.11. The first-order valence-electron chi connectivity index (χ1n) is 6.96. The number of rotatable bonds is 4. The van der Waals surface area contributed by atoms with E-state index < -0.39 is 0 Å². The fraction of sp³-hybridized carbons (Fsp3) is 0.176. The van der Waals surface area contributed by atoms with E-state index in [0.717, 1.165) is 33.0 Å². The first-order chi connectivity index (χ1) is 10.7. The topological polar surface area (TPSA) is 39.9 Å². The van der Waals surface area contributed by atoms with Crippen molar-refractivity contribution in [3.8, 4) is 17.1 Å². The van der Waals surface area contributed by atoms with Crippen LogP contribution in [0.15, 0.2) is 53.0 Å². The number of benzene rings is 2. The molecule has 3 rings (SSSR count). The summed E-state index contributed by atoms with van der Waals surface area (Å²) in [5, 5.41) is 4.52. The molecule has 0 saturated heterocycles. The predicted octanol–water partition coefficient (Wildman–Crippen LogP) is 4.07. The summed E-state index contributed by atoms with van der Waals surface area (Å²) in [5.41, 5.74) is 2.11. The number of ether oxygens (including phenoxy) is 1. The second kappa shape index (κ2) is 6.32. The minimum Gasteiger partial charge on any atom is -0.496 e. The highest BCUT2D eigenvalue weighted by molar-refractivity contribution is 9.10. The monoisotopic (exact) mass is 357 g/mol. The number of aryl methyl sites for hydroxylation is 1. The van der Waals surface area contributed by atoms with Crippen LogP contribution in [0.2, 0.25) is 0 Å². The molecule has 0 saturated carbocycles. The Morgan fingerprint density at radius 2 is 1.91 bits per heavy atom. The van der Waals surface area contributed by atoms with Crippen molar-refractivity contribution in [1.82, 2.24) is 14.8 Å². The smallest absolute Gasteiger partial charge is 0.158 e. The van der Waals surface area contributed by atoms with Gasteiger partial charge in [-0.15, -0.1) is 0 Å². The minimum absolute atomic E-state index is 0.605. The molecule has 2 aromatic carbocycles. The van der Waals surface area contributed by atoms with E-state index in [1.807, 2.05) is 60.1 Å². The van der Waals surface area contributed by atoms with E-state index in [1.165, 1.54) is 0 Å². The van der Waals surface area contributed by atoms with Gasteiger partial charge in [0.1, 0.15) is 11.6 Å². The van der Waals surface area contributed by atoms with Gasteiger partial charge in [-0.05, 0) is 25.1 Å². The molecule has 3 aromatic rings. The molecule has 1 aromatic heterocycles. The molecule has 0 aliphatic carbocycles. The molecule has 0 aliphatic heterocycles. The molecule has 0 bridgehead atoms.